The van der Waals surface area contributed by atoms with Gasteiger partial charge in [0.15, 0.2) is 11.5 Å². The Morgan fingerprint density at radius 1 is 1.30 bits per heavy atom. The highest BCUT2D eigenvalue weighted by atomic mass is 79.9. The average Bonchev–Trinajstić information content (AvgIpc) is 3.00. The molecule has 1 heterocycles. The first-order valence-corrected chi connectivity index (χ1v) is 8.48. The molecule has 126 valence electrons. The molecule has 0 aliphatic carbocycles. The molecule has 0 aliphatic heterocycles. The number of nitrogens with zero attached hydrogens (tertiary/aromatic N) is 4. The molecule has 23 heavy (non-hydrogen) atoms. The maximum absolute atomic E-state index is 5.73. The number of methoxy groups -OCH3 is 1. The summed E-state index contributed by atoms with van der Waals surface area (Å²) in [5, 5.41) is 15.0. The number of aryl methyl sites for hydroxylation is 1. The van der Waals surface area contributed by atoms with Crippen LogP contribution in [0.5, 0.6) is 11.5 Å². The van der Waals surface area contributed by atoms with E-state index in [-0.39, 0.29) is 0 Å². The van der Waals surface area contributed by atoms with Gasteiger partial charge in [0.25, 0.3) is 0 Å². The van der Waals surface area contributed by atoms with Crippen molar-refractivity contribution in [2.24, 2.45) is 0 Å². The molecule has 0 radical (unpaired) electrons. The van der Waals surface area contributed by atoms with Gasteiger partial charge in [0.1, 0.15) is 0 Å². The van der Waals surface area contributed by atoms with Gasteiger partial charge in [0.05, 0.1) is 13.7 Å². The zero-order chi connectivity index (χ0) is 16.7. The minimum atomic E-state index is 0.539. The van der Waals surface area contributed by atoms with Crippen LogP contribution in [0.25, 0.3) is 0 Å². The summed E-state index contributed by atoms with van der Waals surface area (Å²) in [6, 6.07) is 3.89. The fraction of sp³-hybridized carbons (Fsp3) is 0.533. The predicted molar refractivity (Wildman–Crippen MR) is 91.9 cm³/mol. The standard InChI is InChI=1S/C15H22BrN5O2/c1-4-6-7-21-15(18-19-20-21)17-10-11-8-12(16)9-13(22-3)14(11)23-5-2/h8-9H,4-7,10H2,1-3H3,(H,17,18,20). The van der Waals surface area contributed by atoms with Crippen molar-refractivity contribution in [2.45, 2.75) is 39.8 Å². The first-order valence-electron chi connectivity index (χ1n) is 7.68. The summed E-state index contributed by atoms with van der Waals surface area (Å²) in [6.45, 7) is 5.99. The summed E-state index contributed by atoms with van der Waals surface area (Å²) < 4.78 is 13.8. The van der Waals surface area contributed by atoms with Gasteiger partial charge < -0.3 is 14.8 Å². The largest absolute Gasteiger partial charge is 0.493 e. The van der Waals surface area contributed by atoms with Gasteiger partial charge in [-0.15, -0.1) is 0 Å². The second-order valence-corrected chi connectivity index (χ2v) is 5.88. The lowest BCUT2D eigenvalue weighted by molar-refractivity contribution is 0.308. The summed E-state index contributed by atoms with van der Waals surface area (Å²) in [5.41, 5.74) is 0.975. The molecule has 0 spiro atoms. The van der Waals surface area contributed by atoms with Crippen LogP contribution in [0.15, 0.2) is 16.6 Å². The summed E-state index contributed by atoms with van der Waals surface area (Å²) in [4.78, 5) is 0. The van der Waals surface area contributed by atoms with Crippen molar-refractivity contribution >= 4 is 21.9 Å². The molecule has 1 N–H and O–H groups in total. The number of ether oxygens (including phenoxy) is 2. The average molecular weight is 384 g/mol. The Kier molecular flexibility index (Phi) is 6.64. The molecule has 0 bridgehead atoms. The summed E-state index contributed by atoms with van der Waals surface area (Å²) >= 11 is 3.50. The first-order chi connectivity index (χ1) is 11.2. The Morgan fingerprint density at radius 2 is 2.13 bits per heavy atom. The molecular formula is C15H22BrN5O2. The van der Waals surface area contributed by atoms with Gasteiger partial charge in [-0.2, -0.15) is 0 Å². The number of hydrogen-bond acceptors (Lipinski definition) is 6. The Morgan fingerprint density at radius 3 is 2.83 bits per heavy atom. The topological polar surface area (TPSA) is 74.1 Å². The maximum Gasteiger partial charge on any atom is 0.243 e. The number of nitrogens with one attached hydrogen (secondary N) is 1. The monoisotopic (exact) mass is 383 g/mol. The highest BCUT2D eigenvalue weighted by Crippen LogP contribution is 2.35. The smallest absolute Gasteiger partial charge is 0.243 e. The van der Waals surface area contributed by atoms with Crippen molar-refractivity contribution in [3.05, 3.63) is 22.2 Å². The lowest BCUT2D eigenvalue weighted by Gasteiger charge is -2.15. The second-order valence-electron chi connectivity index (χ2n) is 4.96. The third-order valence-electron chi connectivity index (χ3n) is 3.30. The highest BCUT2D eigenvalue weighted by Gasteiger charge is 2.14. The number of unbranched alkanes of at least 4 members (excludes halogenated alkanes) is 1. The number of aromatic nitrogens is 4. The molecule has 0 saturated carbocycles. The lowest BCUT2D eigenvalue weighted by atomic mass is 10.2. The fourth-order valence-electron chi connectivity index (χ4n) is 2.18. The van der Waals surface area contributed by atoms with Crippen LogP contribution in [0.1, 0.15) is 32.3 Å². The predicted octanol–water partition coefficient (Wildman–Crippen LogP) is 3.26. The van der Waals surface area contributed by atoms with Gasteiger partial charge in [-0.3, -0.25) is 0 Å². The van der Waals surface area contributed by atoms with Crippen molar-refractivity contribution in [1.82, 2.24) is 20.2 Å². The zero-order valence-electron chi connectivity index (χ0n) is 13.7. The minimum absolute atomic E-state index is 0.539. The first kappa shape index (κ1) is 17.5. The van der Waals surface area contributed by atoms with E-state index in [1.54, 1.807) is 11.8 Å². The molecule has 2 aromatic rings. The summed E-state index contributed by atoms with van der Waals surface area (Å²) in [6.07, 6.45) is 2.13. The number of anilines is 1. The number of halogens is 1. The van der Waals surface area contributed by atoms with E-state index in [1.165, 1.54) is 0 Å². The van der Waals surface area contributed by atoms with Crippen LogP contribution < -0.4 is 14.8 Å². The molecule has 2 rings (SSSR count). The van der Waals surface area contributed by atoms with Crippen LogP contribution >= 0.6 is 15.9 Å². The molecular weight excluding hydrogens is 362 g/mol. The van der Waals surface area contributed by atoms with Gasteiger partial charge in [0, 0.05) is 23.1 Å². The molecule has 1 aromatic heterocycles. The fourth-order valence-corrected chi connectivity index (χ4v) is 2.66. The van der Waals surface area contributed by atoms with Gasteiger partial charge >= 0.3 is 0 Å². The van der Waals surface area contributed by atoms with Crippen molar-refractivity contribution in [3.63, 3.8) is 0 Å². The van der Waals surface area contributed by atoms with Crippen LogP contribution in [0.4, 0.5) is 5.95 Å². The number of hydrogen-bond donors (Lipinski definition) is 1. The molecule has 0 amide bonds. The molecule has 0 aliphatic rings. The van der Waals surface area contributed by atoms with Crippen molar-refractivity contribution in [2.75, 3.05) is 19.0 Å². The second kappa shape index (κ2) is 8.71. The van der Waals surface area contributed by atoms with Crippen molar-refractivity contribution < 1.29 is 9.47 Å². The van der Waals surface area contributed by atoms with E-state index in [1.807, 2.05) is 19.1 Å². The van der Waals surface area contributed by atoms with Gasteiger partial charge in [-0.05, 0) is 35.9 Å². The highest BCUT2D eigenvalue weighted by molar-refractivity contribution is 9.10. The molecule has 0 saturated heterocycles. The quantitative estimate of drug-likeness (QED) is 0.716. The third kappa shape index (κ3) is 4.57. The molecule has 0 unspecified atom stereocenters. The molecule has 8 heteroatoms. The SMILES string of the molecule is CCCCn1nnnc1NCc1cc(Br)cc(OC)c1OCC. The van der Waals surface area contributed by atoms with Crippen molar-refractivity contribution in [1.29, 1.82) is 0 Å². The van der Waals surface area contributed by atoms with E-state index in [0.29, 0.717) is 24.8 Å². The minimum Gasteiger partial charge on any atom is -0.493 e. The number of tetrazole rings is 1. The Labute approximate surface area is 144 Å². The number of rotatable bonds is 9. The van der Waals surface area contributed by atoms with Crippen LogP contribution in [0.2, 0.25) is 0 Å². The Balaban J connectivity index is 2.16. The molecule has 0 fully saturated rings. The lowest BCUT2D eigenvalue weighted by Crippen LogP contribution is -2.10. The van der Waals surface area contributed by atoms with Crippen LogP contribution in [-0.2, 0) is 13.1 Å². The third-order valence-corrected chi connectivity index (χ3v) is 3.76. The van der Waals surface area contributed by atoms with E-state index >= 15 is 0 Å². The summed E-state index contributed by atoms with van der Waals surface area (Å²) in [7, 11) is 1.63. The van der Waals surface area contributed by atoms with E-state index in [2.05, 4.69) is 43.7 Å². The van der Waals surface area contributed by atoms with E-state index in [0.717, 1.165) is 35.2 Å². The molecule has 0 atom stereocenters. The Bertz CT molecular complexity index is 632. The van der Waals surface area contributed by atoms with Crippen LogP contribution in [0.3, 0.4) is 0 Å². The van der Waals surface area contributed by atoms with Gasteiger partial charge in [-0.25, -0.2) is 4.68 Å². The van der Waals surface area contributed by atoms with Crippen molar-refractivity contribution in [3.8, 4) is 11.5 Å². The normalized spacial score (nSPS) is 10.6. The van der Waals surface area contributed by atoms with E-state index < -0.39 is 0 Å². The zero-order valence-corrected chi connectivity index (χ0v) is 15.3. The van der Waals surface area contributed by atoms with Gasteiger partial charge in [-0.1, -0.05) is 34.4 Å². The number of benzene rings is 1. The van der Waals surface area contributed by atoms with Crippen LogP contribution in [0, 0.1) is 0 Å². The van der Waals surface area contributed by atoms with E-state index in [4.69, 9.17) is 9.47 Å². The Hall–Kier alpha value is -1.83. The van der Waals surface area contributed by atoms with Gasteiger partial charge in [0.2, 0.25) is 5.95 Å². The van der Waals surface area contributed by atoms with Crippen LogP contribution in [-0.4, -0.2) is 33.9 Å². The molecule has 1 aromatic carbocycles. The molecule has 7 nitrogen and oxygen atoms in total. The maximum atomic E-state index is 5.73. The van der Waals surface area contributed by atoms with E-state index in [9.17, 15) is 0 Å². The summed E-state index contributed by atoms with van der Waals surface area (Å²) in [5.74, 6) is 2.08.